The number of nitrogens with zero attached hydrogens (tertiary/aromatic N) is 2. The molecule has 0 saturated carbocycles. The van der Waals surface area contributed by atoms with Crippen molar-refractivity contribution < 1.29 is 13.3 Å². The highest BCUT2D eigenvalue weighted by Crippen LogP contribution is 2.28. The molecule has 0 spiro atoms. The Morgan fingerprint density at radius 3 is 2.17 bits per heavy atom. The molecule has 0 bridgehead atoms. The van der Waals surface area contributed by atoms with Crippen LogP contribution in [-0.4, -0.2) is 17.3 Å². The van der Waals surface area contributed by atoms with Gasteiger partial charge in [-0.25, -0.2) is 12.4 Å². The molecule has 1 aromatic heterocycles. The molecule has 29 heavy (non-hydrogen) atoms. The Kier molecular flexibility index (Phi) is 4.74. The van der Waals surface area contributed by atoms with Crippen molar-refractivity contribution in [2.75, 3.05) is 0 Å². The van der Waals surface area contributed by atoms with Gasteiger partial charge in [0.15, 0.2) is 0 Å². The molecule has 4 aromatic rings. The van der Waals surface area contributed by atoms with Crippen molar-refractivity contribution in [3.05, 3.63) is 106 Å². The van der Waals surface area contributed by atoms with Crippen LogP contribution in [0.3, 0.4) is 0 Å². The third-order valence-corrected chi connectivity index (χ3v) is 6.27. The number of para-hydroxylation sites is 2. The summed E-state index contributed by atoms with van der Waals surface area (Å²) in [5.41, 5.74) is 1.63. The lowest BCUT2D eigenvalue weighted by atomic mass is 10.1. The minimum Gasteiger partial charge on any atom is -0.258 e. The number of nitro benzene ring substituents is 1. The average molecular weight is 404 g/mol. The fourth-order valence-corrected chi connectivity index (χ4v) is 4.59. The minimum atomic E-state index is -3.77. The SMILES string of the molecule is O=[N+]([O-])c1ccccc1/C=C/c1cn(S(=O)(=O)c2ccccc2)c2ccccc12. The van der Waals surface area contributed by atoms with Crippen molar-refractivity contribution in [2.24, 2.45) is 0 Å². The first-order valence-electron chi connectivity index (χ1n) is 8.81. The van der Waals surface area contributed by atoms with Crippen LogP contribution < -0.4 is 0 Å². The lowest BCUT2D eigenvalue weighted by molar-refractivity contribution is -0.385. The summed E-state index contributed by atoms with van der Waals surface area (Å²) in [6, 6.07) is 21.8. The largest absolute Gasteiger partial charge is 0.276 e. The van der Waals surface area contributed by atoms with Crippen molar-refractivity contribution in [3.8, 4) is 0 Å². The topological polar surface area (TPSA) is 82.2 Å². The summed E-state index contributed by atoms with van der Waals surface area (Å²) in [7, 11) is -3.77. The van der Waals surface area contributed by atoms with Crippen LogP contribution in [0.4, 0.5) is 5.69 Å². The first-order chi connectivity index (χ1) is 14.0. The third kappa shape index (κ3) is 3.43. The number of aromatic nitrogens is 1. The number of rotatable bonds is 5. The van der Waals surface area contributed by atoms with E-state index in [1.54, 1.807) is 72.8 Å². The predicted molar refractivity (Wildman–Crippen MR) is 113 cm³/mol. The fraction of sp³-hybridized carbons (Fsp3) is 0. The zero-order chi connectivity index (χ0) is 20.4. The van der Waals surface area contributed by atoms with Crippen LogP contribution in [0.1, 0.15) is 11.1 Å². The number of benzene rings is 3. The third-order valence-electron chi connectivity index (χ3n) is 4.58. The van der Waals surface area contributed by atoms with E-state index < -0.39 is 14.9 Å². The molecule has 0 atom stereocenters. The zero-order valence-electron chi connectivity index (χ0n) is 15.2. The van der Waals surface area contributed by atoms with Gasteiger partial charge in [0.2, 0.25) is 0 Å². The molecular weight excluding hydrogens is 388 g/mol. The summed E-state index contributed by atoms with van der Waals surface area (Å²) in [4.78, 5) is 11.0. The van der Waals surface area contributed by atoms with Crippen LogP contribution >= 0.6 is 0 Å². The number of hydrogen-bond donors (Lipinski definition) is 0. The Morgan fingerprint density at radius 1 is 0.793 bits per heavy atom. The Balaban J connectivity index is 1.85. The molecule has 0 fully saturated rings. The van der Waals surface area contributed by atoms with Gasteiger partial charge in [-0.1, -0.05) is 54.6 Å². The van der Waals surface area contributed by atoms with Crippen LogP contribution in [0.15, 0.2) is 90.0 Å². The highest BCUT2D eigenvalue weighted by Gasteiger charge is 2.20. The van der Waals surface area contributed by atoms with Crippen molar-refractivity contribution in [1.82, 2.24) is 3.97 Å². The van der Waals surface area contributed by atoms with Gasteiger partial charge in [0.05, 0.1) is 20.9 Å². The van der Waals surface area contributed by atoms with E-state index in [4.69, 9.17) is 0 Å². The summed E-state index contributed by atoms with van der Waals surface area (Å²) < 4.78 is 27.5. The molecule has 7 heteroatoms. The average Bonchev–Trinajstić information content (AvgIpc) is 3.12. The van der Waals surface area contributed by atoms with Crippen LogP contribution in [-0.2, 0) is 10.0 Å². The fourth-order valence-electron chi connectivity index (χ4n) is 3.19. The molecule has 0 saturated heterocycles. The van der Waals surface area contributed by atoms with Crippen molar-refractivity contribution >= 4 is 38.8 Å². The van der Waals surface area contributed by atoms with Crippen molar-refractivity contribution in [1.29, 1.82) is 0 Å². The van der Waals surface area contributed by atoms with E-state index in [0.29, 0.717) is 16.6 Å². The molecule has 0 N–H and O–H groups in total. The summed E-state index contributed by atoms with van der Waals surface area (Å²) in [6.45, 7) is 0. The minimum absolute atomic E-state index is 0.00982. The summed E-state index contributed by atoms with van der Waals surface area (Å²) in [6.07, 6.45) is 4.86. The van der Waals surface area contributed by atoms with Gasteiger partial charge in [0.1, 0.15) is 0 Å². The monoisotopic (exact) mass is 404 g/mol. The molecular formula is C22H16N2O4S. The smallest absolute Gasteiger partial charge is 0.258 e. The first-order valence-corrected chi connectivity index (χ1v) is 10.2. The second-order valence-electron chi connectivity index (χ2n) is 6.36. The van der Waals surface area contributed by atoms with Crippen LogP contribution in [0.5, 0.6) is 0 Å². The number of nitro groups is 1. The molecule has 0 radical (unpaired) electrons. The molecule has 3 aromatic carbocycles. The van der Waals surface area contributed by atoms with Crippen LogP contribution in [0, 0.1) is 10.1 Å². The summed E-state index contributed by atoms with van der Waals surface area (Å²) in [5, 5.41) is 12.0. The van der Waals surface area contributed by atoms with Crippen molar-refractivity contribution in [2.45, 2.75) is 4.90 Å². The molecule has 0 aliphatic heterocycles. The van der Waals surface area contributed by atoms with Gasteiger partial charge in [-0.05, 0) is 30.3 Å². The van der Waals surface area contributed by atoms with Gasteiger partial charge in [0, 0.05) is 23.2 Å². The molecule has 4 rings (SSSR count). The Morgan fingerprint density at radius 2 is 1.41 bits per heavy atom. The quantitative estimate of drug-likeness (QED) is 0.348. The number of hydrogen-bond acceptors (Lipinski definition) is 4. The maximum Gasteiger partial charge on any atom is 0.276 e. The van der Waals surface area contributed by atoms with Gasteiger partial charge in [-0.15, -0.1) is 0 Å². The second kappa shape index (κ2) is 7.37. The van der Waals surface area contributed by atoms with E-state index in [0.717, 1.165) is 5.39 Å². The Hall–Kier alpha value is -3.71. The van der Waals surface area contributed by atoms with E-state index in [1.807, 2.05) is 12.1 Å². The number of fused-ring (bicyclic) bond motifs is 1. The van der Waals surface area contributed by atoms with E-state index in [9.17, 15) is 18.5 Å². The molecule has 144 valence electrons. The van der Waals surface area contributed by atoms with Crippen LogP contribution in [0.25, 0.3) is 23.1 Å². The maximum atomic E-state index is 13.1. The lowest BCUT2D eigenvalue weighted by Crippen LogP contribution is -2.11. The molecule has 1 heterocycles. The molecule has 0 unspecified atom stereocenters. The molecule has 6 nitrogen and oxygen atoms in total. The van der Waals surface area contributed by atoms with Gasteiger partial charge in [-0.2, -0.15) is 0 Å². The molecule has 0 aliphatic rings. The van der Waals surface area contributed by atoms with Gasteiger partial charge < -0.3 is 0 Å². The highest BCUT2D eigenvalue weighted by molar-refractivity contribution is 7.90. The van der Waals surface area contributed by atoms with E-state index in [2.05, 4.69) is 0 Å². The normalized spacial score (nSPS) is 11.9. The summed E-state index contributed by atoms with van der Waals surface area (Å²) in [5.74, 6) is 0. The zero-order valence-corrected chi connectivity index (χ0v) is 16.0. The molecule has 0 aliphatic carbocycles. The van der Waals surface area contributed by atoms with Crippen molar-refractivity contribution in [3.63, 3.8) is 0 Å². The van der Waals surface area contributed by atoms with Gasteiger partial charge in [-0.3, -0.25) is 10.1 Å². The maximum absolute atomic E-state index is 13.1. The Bertz CT molecular complexity index is 1340. The van der Waals surface area contributed by atoms with Gasteiger partial charge in [0.25, 0.3) is 15.7 Å². The second-order valence-corrected chi connectivity index (χ2v) is 8.18. The summed E-state index contributed by atoms with van der Waals surface area (Å²) >= 11 is 0. The van der Waals surface area contributed by atoms with E-state index in [1.165, 1.54) is 16.2 Å². The van der Waals surface area contributed by atoms with E-state index >= 15 is 0 Å². The highest BCUT2D eigenvalue weighted by atomic mass is 32.2. The lowest BCUT2D eigenvalue weighted by Gasteiger charge is -2.07. The van der Waals surface area contributed by atoms with Crippen LogP contribution in [0.2, 0.25) is 0 Å². The first kappa shape index (κ1) is 18.6. The molecule has 0 amide bonds. The standard InChI is InChI=1S/C22H16N2O4S/c25-24(26)21-12-6-4-8-17(21)14-15-18-16-23(22-13-7-5-11-20(18)22)29(27,28)19-9-2-1-3-10-19/h1-16H/b15-14+. The van der Waals surface area contributed by atoms with E-state index in [-0.39, 0.29) is 10.6 Å². The van der Waals surface area contributed by atoms with Gasteiger partial charge >= 0.3 is 0 Å². The Labute approximate surface area is 167 Å². The predicted octanol–water partition coefficient (Wildman–Crippen LogP) is 4.96.